The standard InChI is InChI=1S/C23H27N5O3/c1-27-20-6-5-18(8-21(20)31-23(27)30)26-22(29)13-28-11-17-4-2-3-16(19(17)12-28)7-15-9-24-14-25-10-15/h5-6,8-10,14,16-17,19H,2-4,7,11-13H2,1H3,(H,26,29)/t16-,17-,19-/m1/s1. The van der Waals surface area contributed by atoms with Crippen LogP contribution >= 0.6 is 0 Å². The number of likely N-dealkylation sites (tertiary alicyclic amines) is 1. The van der Waals surface area contributed by atoms with Gasteiger partial charge in [-0.25, -0.2) is 14.8 Å². The van der Waals surface area contributed by atoms with Crippen molar-refractivity contribution in [2.24, 2.45) is 24.8 Å². The monoisotopic (exact) mass is 421 g/mol. The summed E-state index contributed by atoms with van der Waals surface area (Å²) in [4.78, 5) is 34.9. The number of aryl methyl sites for hydroxylation is 1. The van der Waals surface area contributed by atoms with Crippen molar-refractivity contribution >= 4 is 22.7 Å². The highest BCUT2D eigenvalue weighted by Gasteiger charge is 2.40. The predicted molar refractivity (Wildman–Crippen MR) is 117 cm³/mol. The minimum absolute atomic E-state index is 0.0377. The Labute approximate surface area is 180 Å². The van der Waals surface area contributed by atoms with Crippen molar-refractivity contribution in [2.75, 3.05) is 25.0 Å². The number of hydrogen-bond donors (Lipinski definition) is 1. The van der Waals surface area contributed by atoms with Gasteiger partial charge in [-0.1, -0.05) is 6.42 Å². The van der Waals surface area contributed by atoms with Gasteiger partial charge in [-0.05, 0) is 54.7 Å². The van der Waals surface area contributed by atoms with Crippen LogP contribution in [0.25, 0.3) is 11.1 Å². The molecule has 8 heteroatoms. The summed E-state index contributed by atoms with van der Waals surface area (Å²) >= 11 is 0. The second-order valence-corrected chi connectivity index (χ2v) is 8.92. The van der Waals surface area contributed by atoms with E-state index in [0.717, 1.165) is 19.5 Å². The molecule has 3 atom stereocenters. The van der Waals surface area contributed by atoms with Gasteiger partial charge in [0.15, 0.2) is 5.58 Å². The third-order valence-corrected chi connectivity index (χ3v) is 6.88. The molecule has 162 valence electrons. The molecule has 31 heavy (non-hydrogen) atoms. The molecule has 0 spiro atoms. The highest BCUT2D eigenvalue weighted by Crippen LogP contribution is 2.41. The van der Waals surface area contributed by atoms with E-state index in [2.05, 4.69) is 20.2 Å². The zero-order valence-electron chi connectivity index (χ0n) is 17.7. The lowest BCUT2D eigenvalue weighted by molar-refractivity contribution is -0.117. The molecule has 2 aromatic heterocycles. The van der Waals surface area contributed by atoms with Crippen molar-refractivity contribution in [1.29, 1.82) is 0 Å². The van der Waals surface area contributed by atoms with Crippen LogP contribution < -0.4 is 11.1 Å². The van der Waals surface area contributed by atoms with Gasteiger partial charge in [-0.15, -0.1) is 0 Å². The van der Waals surface area contributed by atoms with Gasteiger partial charge < -0.3 is 9.73 Å². The number of nitrogens with zero attached hydrogens (tertiary/aromatic N) is 4. The molecular weight excluding hydrogens is 394 g/mol. The lowest BCUT2D eigenvalue weighted by Gasteiger charge is -2.33. The van der Waals surface area contributed by atoms with Gasteiger partial charge in [0.25, 0.3) is 0 Å². The van der Waals surface area contributed by atoms with Crippen molar-refractivity contribution in [3.05, 3.63) is 53.0 Å². The lowest BCUT2D eigenvalue weighted by Crippen LogP contribution is -2.32. The molecule has 1 aliphatic carbocycles. The van der Waals surface area contributed by atoms with Gasteiger partial charge in [0.1, 0.15) is 6.33 Å². The van der Waals surface area contributed by atoms with Crippen LogP contribution in [0, 0.1) is 17.8 Å². The summed E-state index contributed by atoms with van der Waals surface area (Å²) in [5, 5.41) is 2.95. The smallest absolute Gasteiger partial charge is 0.408 e. The lowest BCUT2D eigenvalue weighted by atomic mass is 9.72. The number of nitrogens with one attached hydrogen (secondary N) is 1. The number of aromatic nitrogens is 3. The second kappa shape index (κ2) is 8.26. The van der Waals surface area contributed by atoms with Crippen LogP contribution in [0.2, 0.25) is 0 Å². The first kappa shape index (κ1) is 19.9. The Morgan fingerprint density at radius 1 is 1.23 bits per heavy atom. The molecule has 3 heterocycles. The maximum Gasteiger partial charge on any atom is 0.419 e. The molecule has 1 aliphatic heterocycles. The highest BCUT2D eigenvalue weighted by atomic mass is 16.4. The predicted octanol–water partition coefficient (Wildman–Crippen LogP) is 2.45. The van der Waals surface area contributed by atoms with E-state index >= 15 is 0 Å². The third-order valence-electron chi connectivity index (χ3n) is 6.88. The minimum Gasteiger partial charge on any atom is -0.408 e. The Hall–Kier alpha value is -3.00. The molecule has 5 rings (SSSR count). The molecule has 0 radical (unpaired) electrons. The fraction of sp³-hybridized carbons (Fsp3) is 0.478. The summed E-state index contributed by atoms with van der Waals surface area (Å²) in [7, 11) is 1.66. The molecule has 1 N–H and O–H groups in total. The summed E-state index contributed by atoms with van der Waals surface area (Å²) in [5.41, 5.74) is 3.03. The van der Waals surface area contributed by atoms with Crippen molar-refractivity contribution in [1.82, 2.24) is 19.4 Å². The number of carbonyl (C=O) groups excluding carboxylic acids is 1. The number of anilines is 1. The zero-order chi connectivity index (χ0) is 21.4. The van der Waals surface area contributed by atoms with Crippen LogP contribution in [0.4, 0.5) is 5.69 Å². The van der Waals surface area contributed by atoms with Crippen molar-refractivity contribution in [3.8, 4) is 0 Å². The molecule has 3 aromatic rings. The van der Waals surface area contributed by atoms with Crippen LogP contribution in [-0.4, -0.2) is 45.0 Å². The summed E-state index contributed by atoms with van der Waals surface area (Å²) in [5.74, 6) is 1.46. The molecule has 1 saturated carbocycles. The van der Waals surface area contributed by atoms with E-state index in [9.17, 15) is 9.59 Å². The molecule has 8 nitrogen and oxygen atoms in total. The number of rotatable bonds is 5. The van der Waals surface area contributed by atoms with E-state index in [1.54, 1.807) is 31.6 Å². The number of carbonyl (C=O) groups is 1. The Balaban J connectivity index is 1.21. The summed E-state index contributed by atoms with van der Waals surface area (Å²) in [6.07, 6.45) is 10.2. The van der Waals surface area contributed by atoms with Crippen molar-refractivity contribution in [3.63, 3.8) is 0 Å². The van der Waals surface area contributed by atoms with Crippen molar-refractivity contribution < 1.29 is 9.21 Å². The van der Waals surface area contributed by atoms with Gasteiger partial charge >= 0.3 is 5.76 Å². The molecule has 2 aliphatic rings. The fourth-order valence-electron chi connectivity index (χ4n) is 5.42. The largest absolute Gasteiger partial charge is 0.419 e. The molecule has 1 amide bonds. The Morgan fingerprint density at radius 3 is 2.90 bits per heavy atom. The van der Waals surface area contributed by atoms with Gasteiger partial charge in [0, 0.05) is 44.3 Å². The average molecular weight is 422 g/mol. The SMILES string of the molecule is Cn1c(=O)oc2cc(NC(=O)CN3C[C@H]4CCC[C@H](Cc5cncnc5)[C@H]4C3)ccc21. The first-order chi connectivity index (χ1) is 15.1. The molecular formula is C23H27N5O3. The Kier molecular flexibility index (Phi) is 5.31. The Bertz CT molecular complexity index is 1140. The molecule has 0 bridgehead atoms. The number of fused-ring (bicyclic) bond motifs is 2. The van der Waals surface area contributed by atoms with Gasteiger partial charge in [0.2, 0.25) is 5.91 Å². The van der Waals surface area contributed by atoms with Gasteiger partial charge in [0.05, 0.1) is 12.1 Å². The number of oxazole rings is 1. The topological polar surface area (TPSA) is 93.3 Å². The minimum atomic E-state index is -0.408. The normalized spacial score (nSPS) is 23.7. The summed E-state index contributed by atoms with van der Waals surface area (Å²) in [6.45, 7) is 2.32. The number of benzene rings is 1. The maximum absolute atomic E-state index is 12.7. The van der Waals surface area contributed by atoms with E-state index in [0.29, 0.717) is 41.1 Å². The first-order valence-electron chi connectivity index (χ1n) is 10.9. The summed E-state index contributed by atoms with van der Waals surface area (Å²) < 4.78 is 6.67. The molecule has 0 unspecified atom stereocenters. The third kappa shape index (κ3) is 4.12. The first-order valence-corrected chi connectivity index (χ1v) is 10.9. The van der Waals surface area contributed by atoms with E-state index in [1.807, 2.05) is 12.4 Å². The van der Waals surface area contributed by atoms with Gasteiger partial charge in [-0.3, -0.25) is 14.3 Å². The van der Waals surface area contributed by atoms with Crippen LogP contribution in [-0.2, 0) is 18.3 Å². The number of amides is 1. The fourth-order valence-corrected chi connectivity index (χ4v) is 5.42. The van der Waals surface area contributed by atoms with Crippen molar-refractivity contribution in [2.45, 2.75) is 25.7 Å². The molecule has 1 aromatic carbocycles. The van der Waals surface area contributed by atoms with Gasteiger partial charge in [-0.2, -0.15) is 0 Å². The zero-order valence-corrected chi connectivity index (χ0v) is 17.7. The van der Waals surface area contributed by atoms with E-state index in [4.69, 9.17) is 4.42 Å². The van der Waals surface area contributed by atoms with E-state index in [-0.39, 0.29) is 5.91 Å². The van der Waals surface area contributed by atoms with Crippen LogP contribution in [0.3, 0.4) is 0 Å². The van der Waals surface area contributed by atoms with E-state index in [1.165, 1.54) is 29.4 Å². The maximum atomic E-state index is 12.7. The quantitative estimate of drug-likeness (QED) is 0.680. The average Bonchev–Trinajstić information content (AvgIpc) is 3.29. The summed E-state index contributed by atoms with van der Waals surface area (Å²) in [6, 6.07) is 5.30. The van der Waals surface area contributed by atoms with E-state index < -0.39 is 5.76 Å². The van der Waals surface area contributed by atoms with Crippen LogP contribution in [0.1, 0.15) is 24.8 Å². The van der Waals surface area contributed by atoms with Crippen LogP contribution in [0.5, 0.6) is 0 Å². The number of hydrogen-bond acceptors (Lipinski definition) is 6. The molecule has 1 saturated heterocycles. The highest BCUT2D eigenvalue weighted by molar-refractivity contribution is 5.94. The Morgan fingerprint density at radius 2 is 2.06 bits per heavy atom. The van der Waals surface area contributed by atoms with Crippen LogP contribution in [0.15, 0.2) is 46.1 Å². The molecule has 2 fully saturated rings. The second-order valence-electron chi connectivity index (χ2n) is 8.92.